The number of aryl methyl sites for hydroxylation is 1. The van der Waals surface area contributed by atoms with E-state index in [4.69, 9.17) is 18.9 Å². The highest BCUT2D eigenvalue weighted by Gasteiger charge is 2.50. The van der Waals surface area contributed by atoms with Crippen LogP contribution in [-0.2, 0) is 30.8 Å². The molecule has 0 saturated carbocycles. The molecule has 0 aliphatic carbocycles. The van der Waals surface area contributed by atoms with Crippen molar-refractivity contribution >= 4 is 50.8 Å². The second-order valence-electron chi connectivity index (χ2n) is 15.7. The van der Waals surface area contributed by atoms with Gasteiger partial charge < -0.3 is 49.3 Å². The average Bonchev–Trinajstić information content (AvgIpc) is 3.58. The summed E-state index contributed by atoms with van der Waals surface area (Å²) >= 11 is 0. The molecule has 1 aromatic heterocycles. The topological polar surface area (TPSA) is 203 Å². The molecule has 2 aromatic carbocycles. The third-order valence-electron chi connectivity index (χ3n) is 11.8. The van der Waals surface area contributed by atoms with Crippen molar-refractivity contribution in [2.45, 2.75) is 99.4 Å². The number of phenolic OH excluding ortho intramolecular Hbond substituents is 2. The van der Waals surface area contributed by atoms with Gasteiger partial charge in [-0.1, -0.05) is 45.9 Å². The Kier molecular flexibility index (Phi) is 12.0. The van der Waals surface area contributed by atoms with E-state index in [0.717, 1.165) is 0 Å². The van der Waals surface area contributed by atoms with E-state index in [1.807, 2.05) is 0 Å². The number of esters is 1. The van der Waals surface area contributed by atoms with Crippen molar-refractivity contribution < 1.29 is 58.6 Å². The SMILES string of the molecule is COC1/C=C/OC2(C)Oc3c(C)c(O)c4c(O)c(c5c(C(C)=O)c(C)n(C)c5c4c3C2=O)NC(=O)/C(C)=C/C=C/C(C)C(O)C(C)C(O)C(C)C(OC(C)=O)C1C. The number of aliphatic hydroxyl groups excluding tert-OH is 2. The number of amides is 1. The van der Waals surface area contributed by atoms with Gasteiger partial charge in [0.1, 0.15) is 17.6 Å². The van der Waals surface area contributed by atoms with Crippen LogP contribution in [0.2, 0.25) is 0 Å². The first kappa shape index (κ1) is 43.0. The molecule has 308 valence electrons. The average molecular weight is 791 g/mol. The normalized spacial score (nSPS) is 30.7. The lowest BCUT2D eigenvalue weighted by Gasteiger charge is -2.38. The number of carbonyl (C=O) groups is 4. The van der Waals surface area contributed by atoms with Crippen LogP contribution in [0.5, 0.6) is 17.2 Å². The molecule has 9 unspecified atom stereocenters. The minimum absolute atomic E-state index is 0.00219. The first-order chi connectivity index (χ1) is 26.6. The lowest BCUT2D eigenvalue weighted by molar-refractivity contribution is -0.160. The predicted molar refractivity (Wildman–Crippen MR) is 213 cm³/mol. The molecule has 5 N–H and O–H groups in total. The molecule has 2 aliphatic rings. The number of hydrogen-bond acceptors (Lipinski definition) is 12. The second kappa shape index (κ2) is 16.0. The van der Waals surface area contributed by atoms with E-state index in [2.05, 4.69) is 5.32 Å². The summed E-state index contributed by atoms with van der Waals surface area (Å²) < 4.78 is 25.4. The fourth-order valence-corrected chi connectivity index (χ4v) is 8.25. The van der Waals surface area contributed by atoms with Gasteiger partial charge in [-0.05, 0) is 33.8 Å². The van der Waals surface area contributed by atoms with E-state index in [9.17, 15) is 39.6 Å². The molecule has 5 rings (SSSR count). The van der Waals surface area contributed by atoms with Crippen molar-refractivity contribution in [3.05, 3.63) is 58.5 Å². The lowest BCUT2D eigenvalue weighted by atomic mass is 9.78. The van der Waals surface area contributed by atoms with Gasteiger partial charge in [-0.3, -0.25) is 19.2 Å². The minimum atomic E-state index is -1.99. The smallest absolute Gasteiger partial charge is 0.312 e. The van der Waals surface area contributed by atoms with Crippen molar-refractivity contribution in [2.75, 3.05) is 12.4 Å². The summed E-state index contributed by atoms with van der Waals surface area (Å²) in [7, 11) is 3.12. The summed E-state index contributed by atoms with van der Waals surface area (Å²) in [5.74, 6) is -7.68. The number of Topliss-reactive ketones (excluding diaryl/α,β-unsaturated/α-hetero) is 2. The first-order valence-corrected chi connectivity index (χ1v) is 19.0. The van der Waals surface area contributed by atoms with E-state index in [-0.39, 0.29) is 61.2 Å². The summed E-state index contributed by atoms with van der Waals surface area (Å²) in [4.78, 5) is 54.0. The van der Waals surface area contributed by atoms with Gasteiger partial charge in [0, 0.05) is 84.8 Å². The van der Waals surface area contributed by atoms with Crippen LogP contribution >= 0.6 is 0 Å². The van der Waals surface area contributed by atoms with Crippen LogP contribution in [0.1, 0.15) is 87.4 Å². The number of rotatable bonds is 3. The lowest BCUT2D eigenvalue weighted by Crippen LogP contribution is -2.46. The van der Waals surface area contributed by atoms with Crippen LogP contribution in [0.3, 0.4) is 0 Å². The molecule has 9 atom stereocenters. The van der Waals surface area contributed by atoms with Crippen molar-refractivity contribution in [1.29, 1.82) is 0 Å². The highest BCUT2D eigenvalue weighted by Crippen LogP contribution is 2.55. The van der Waals surface area contributed by atoms with E-state index in [1.165, 1.54) is 53.2 Å². The quantitative estimate of drug-likeness (QED) is 0.117. The Hall–Kier alpha value is -5.18. The van der Waals surface area contributed by atoms with E-state index < -0.39 is 83.0 Å². The van der Waals surface area contributed by atoms with Gasteiger partial charge in [0.05, 0.1) is 46.7 Å². The van der Waals surface area contributed by atoms with Gasteiger partial charge in [0.25, 0.3) is 11.7 Å². The summed E-state index contributed by atoms with van der Waals surface area (Å²) in [6.07, 6.45) is 3.69. The maximum atomic E-state index is 14.6. The molecule has 0 spiro atoms. The standard InChI is InChI=1S/C43H54N2O12/c1-18-14-13-15-19(2)42(53)44-33-30-28(25(8)46)24(7)45(11)34(30)29-31(38(33)51)37(50)23(6)40-32(29)41(52)43(10,57-40)55-17-16-27(54-12)20(3)39(56-26(9)47)22(5)36(49)21(4)35(18)48/h13-18,20-22,27,35-36,39,48-51H,1-12H3,(H,44,53)/b14-13+,17-16+,19-15+. The number of anilines is 1. The largest absolute Gasteiger partial charge is 0.507 e. The number of fused-ring (bicyclic) bond motifs is 1. The number of aromatic nitrogens is 1. The Morgan fingerprint density at radius 2 is 1.56 bits per heavy atom. The van der Waals surface area contributed by atoms with Crippen molar-refractivity contribution in [3.8, 4) is 17.2 Å². The Balaban J connectivity index is 1.79. The summed E-state index contributed by atoms with van der Waals surface area (Å²) in [5, 5.41) is 49.4. The van der Waals surface area contributed by atoms with Gasteiger partial charge in [-0.15, -0.1) is 0 Å². The number of benzene rings is 2. The van der Waals surface area contributed by atoms with Gasteiger partial charge in [-0.2, -0.15) is 0 Å². The molecule has 3 aromatic rings. The molecular weight excluding hydrogens is 736 g/mol. The molecular formula is C43H54N2O12. The zero-order valence-electron chi connectivity index (χ0n) is 34.5. The monoisotopic (exact) mass is 790 g/mol. The number of aromatic hydroxyl groups is 2. The predicted octanol–water partition coefficient (Wildman–Crippen LogP) is 6.05. The van der Waals surface area contributed by atoms with Crippen LogP contribution in [0, 0.1) is 37.5 Å². The molecule has 4 bridgehead atoms. The van der Waals surface area contributed by atoms with E-state index >= 15 is 0 Å². The molecule has 14 heteroatoms. The van der Waals surface area contributed by atoms with E-state index in [1.54, 1.807) is 65.3 Å². The molecule has 1 amide bonds. The number of nitrogens with one attached hydrogen (secondary N) is 1. The molecule has 2 aliphatic heterocycles. The van der Waals surface area contributed by atoms with Gasteiger partial charge >= 0.3 is 11.8 Å². The number of carbonyl (C=O) groups excluding carboxylic acids is 4. The molecule has 0 fully saturated rings. The zero-order valence-corrected chi connectivity index (χ0v) is 34.5. The highest BCUT2D eigenvalue weighted by molar-refractivity contribution is 6.31. The van der Waals surface area contributed by atoms with Crippen molar-refractivity contribution in [1.82, 2.24) is 4.57 Å². The fourth-order valence-electron chi connectivity index (χ4n) is 8.25. The number of phenols is 2. The van der Waals surface area contributed by atoms with Crippen molar-refractivity contribution in [2.24, 2.45) is 30.7 Å². The number of nitrogens with zero attached hydrogens (tertiary/aromatic N) is 1. The molecule has 0 saturated heterocycles. The highest BCUT2D eigenvalue weighted by atomic mass is 16.7. The molecule has 57 heavy (non-hydrogen) atoms. The summed E-state index contributed by atoms with van der Waals surface area (Å²) in [5.41, 5.74) is 1.09. The Bertz CT molecular complexity index is 2250. The Morgan fingerprint density at radius 3 is 2.16 bits per heavy atom. The first-order valence-electron chi connectivity index (χ1n) is 19.0. The number of allylic oxidation sites excluding steroid dienone is 2. The van der Waals surface area contributed by atoms with Gasteiger partial charge in [0.2, 0.25) is 0 Å². The minimum Gasteiger partial charge on any atom is -0.507 e. The van der Waals surface area contributed by atoms with Crippen LogP contribution in [0.25, 0.3) is 21.7 Å². The van der Waals surface area contributed by atoms with Crippen LogP contribution in [-0.4, -0.2) is 85.7 Å². The van der Waals surface area contributed by atoms with Crippen LogP contribution in [0.4, 0.5) is 5.69 Å². The number of aliphatic hydroxyl groups is 2. The van der Waals surface area contributed by atoms with E-state index in [0.29, 0.717) is 5.69 Å². The third-order valence-corrected chi connectivity index (χ3v) is 11.8. The Labute approximate surface area is 331 Å². The van der Waals surface area contributed by atoms with Crippen molar-refractivity contribution in [3.63, 3.8) is 0 Å². The number of methoxy groups -OCH3 is 1. The Morgan fingerprint density at radius 1 is 0.912 bits per heavy atom. The number of ether oxygens (including phenoxy) is 4. The zero-order chi connectivity index (χ0) is 42.6. The maximum absolute atomic E-state index is 14.6. The molecule has 3 heterocycles. The van der Waals surface area contributed by atoms with Crippen LogP contribution < -0.4 is 10.1 Å². The van der Waals surface area contributed by atoms with Gasteiger partial charge in [-0.25, -0.2) is 0 Å². The van der Waals surface area contributed by atoms with Crippen LogP contribution in [0.15, 0.2) is 36.1 Å². The third kappa shape index (κ3) is 7.30. The fraction of sp³-hybridized carbons (Fsp3) is 0.488. The second-order valence-corrected chi connectivity index (χ2v) is 15.7. The molecule has 0 radical (unpaired) electrons. The number of ketones is 2. The molecule has 14 nitrogen and oxygen atoms in total. The number of hydrogen-bond donors (Lipinski definition) is 5. The summed E-state index contributed by atoms with van der Waals surface area (Å²) in [6.45, 7) is 15.7. The van der Waals surface area contributed by atoms with Gasteiger partial charge in [0.15, 0.2) is 11.5 Å². The maximum Gasteiger partial charge on any atom is 0.312 e. The summed E-state index contributed by atoms with van der Waals surface area (Å²) in [6, 6.07) is 0.